The van der Waals surface area contributed by atoms with Crippen LogP contribution in [0.15, 0.2) is 36.7 Å². The molecule has 1 aromatic carbocycles. The highest BCUT2D eigenvalue weighted by molar-refractivity contribution is 6.05. The third-order valence-corrected chi connectivity index (χ3v) is 4.65. The predicted octanol–water partition coefficient (Wildman–Crippen LogP) is 3.01. The Morgan fingerprint density at radius 2 is 1.97 bits per heavy atom. The van der Waals surface area contributed by atoms with Crippen molar-refractivity contribution in [3.8, 4) is 28.5 Å². The SMILES string of the molecule is Cc1ccc2[nH]ncc2c1-c1cc(-c2ccnc(OCC(F)(F)F)n2)nc(C(N)=O)c1N. The molecule has 3 aromatic heterocycles. The van der Waals surface area contributed by atoms with E-state index in [4.69, 9.17) is 11.5 Å². The lowest BCUT2D eigenvalue weighted by Crippen LogP contribution is -2.20. The molecule has 164 valence electrons. The second kappa shape index (κ2) is 7.80. The molecule has 5 N–H and O–H groups in total. The average Bonchev–Trinajstić information content (AvgIpc) is 3.21. The van der Waals surface area contributed by atoms with Crippen LogP contribution in [0.1, 0.15) is 16.1 Å². The molecule has 0 spiro atoms. The van der Waals surface area contributed by atoms with Crippen molar-refractivity contribution < 1.29 is 22.7 Å². The minimum absolute atomic E-state index is 0.0562. The van der Waals surface area contributed by atoms with Gasteiger partial charge in [0.05, 0.1) is 28.8 Å². The van der Waals surface area contributed by atoms with E-state index in [-0.39, 0.29) is 22.8 Å². The van der Waals surface area contributed by atoms with Crippen LogP contribution >= 0.6 is 0 Å². The summed E-state index contributed by atoms with van der Waals surface area (Å²) < 4.78 is 42.0. The zero-order valence-electron chi connectivity index (χ0n) is 16.6. The molecular weight excluding hydrogens is 427 g/mol. The number of benzene rings is 1. The van der Waals surface area contributed by atoms with E-state index in [0.717, 1.165) is 16.5 Å². The predicted molar refractivity (Wildman–Crippen MR) is 110 cm³/mol. The first-order chi connectivity index (χ1) is 15.1. The number of alkyl halides is 3. The van der Waals surface area contributed by atoms with Crippen LogP contribution in [0.4, 0.5) is 18.9 Å². The fraction of sp³-hybridized carbons (Fsp3) is 0.150. The Balaban J connectivity index is 1.89. The maximum absolute atomic E-state index is 12.5. The number of rotatable bonds is 5. The number of aromatic nitrogens is 5. The number of ether oxygens (including phenoxy) is 1. The normalized spacial score (nSPS) is 11.6. The van der Waals surface area contributed by atoms with Gasteiger partial charge in [-0.3, -0.25) is 9.89 Å². The van der Waals surface area contributed by atoms with Crippen molar-refractivity contribution in [2.75, 3.05) is 12.3 Å². The molecule has 3 heterocycles. The van der Waals surface area contributed by atoms with Crippen LogP contribution in [0.3, 0.4) is 0 Å². The molecule has 0 unspecified atom stereocenters. The molecule has 0 aliphatic heterocycles. The number of H-pyrrole nitrogens is 1. The standard InChI is InChI=1S/C20H16F3N7O2/c1-9-2-3-12-11(7-27-30-12)15(9)10-6-14(28-17(16(10)24)18(25)31)13-4-5-26-19(29-13)32-8-20(21,22)23/h2-7H,8,24H2,1H3,(H2,25,31)(H,27,30). The lowest BCUT2D eigenvalue weighted by Gasteiger charge is -2.15. The van der Waals surface area contributed by atoms with Crippen molar-refractivity contribution in [1.29, 1.82) is 0 Å². The Labute approximate surface area is 178 Å². The first-order valence-electron chi connectivity index (χ1n) is 9.20. The molecule has 4 aromatic rings. The zero-order valence-corrected chi connectivity index (χ0v) is 16.6. The lowest BCUT2D eigenvalue weighted by molar-refractivity contribution is -0.154. The molecule has 0 saturated carbocycles. The highest BCUT2D eigenvalue weighted by Crippen LogP contribution is 2.37. The van der Waals surface area contributed by atoms with E-state index >= 15 is 0 Å². The molecule has 32 heavy (non-hydrogen) atoms. The van der Waals surface area contributed by atoms with Gasteiger partial charge < -0.3 is 16.2 Å². The summed E-state index contributed by atoms with van der Waals surface area (Å²) in [5, 5.41) is 7.66. The molecule has 1 amide bonds. The zero-order chi connectivity index (χ0) is 23.0. The van der Waals surface area contributed by atoms with Gasteiger partial charge in [0.2, 0.25) is 0 Å². The highest BCUT2D eigenvalue weighted by Gasteiger charge is 2.29. The topological polar surface area (TPSA) is 146 Å². The number of hydrogen-bond donors (Lipinski definition) is 3. The second-order valence-corrected chi connectivity index (χ2v) is 6.90. The summed E-state index contributed by atoms with van der Waals surface area (Å²) in [5.41, 5.74) is 14.6. The fourth-order valence-electron chi connectivity index (χ4n) is 3.26. The molecule has 12 heteroatoms. The van der Waals surface area contributed by atoms with Gasteiger partial charge in [-0.25, -0.2) is 9.97 Å². The smallest absolute Gasteiger partial charge is 0.422 e. The summed E-state index contributed by atoms with van der Waals surface area (Å²) in [6, 6.07) is 6.20. The number of amides is 1. The molecule has 0 aliphatic carbocycles. The first kappa shape index (κ1) is 21.0. The van der Waals surface area contributed by atoms with Crippen molar-refractivity contribution in [1.82, 2.24) is 25.1 Å². The van der Waals surface area contributed by atoms with Crippen molar-refractivity contribution in [2.45, 2.75) is 13.1 Å². The largest absolute Gasteiger partial charge is 0.454 e. The van der Waals surface area contributed by atoms with Crippen LogP contribution in [0.25, 0.3) is 33.4 Å². The summed E-state index contributed by atoms with van der Waals surface area (Å²) in [4.78, 5) is 23.9. The first-order valence-corrected chi connectivity index (χ1v) is 9.20. The van der Waals surface area contributed by atoms with Gasteiger partial charge in [-0.15, -0.1) is 0 Å². The molecule has 0 atom stereocenters. The number of aryl methyl sites for hydroxylation is 1. The Kier molecular flexibility index (Phi) is 5.12. The van der Waals surface area contributed by atoms with E-state index < -0.39 is 24.7 Å². The van der Waals surface area contributed by atoms with E-state index in [1.54, 1.807) is 12.3 Å². The van der Waals surface area contributed by atoms with Crippen LogP contribution in [0.2, 0.25) is 0 Å². The molecule has 4 rings (SSSR count). The van der Waals surface area contributed by atoms with E-state index in [9.17, 15) is 18.0 Å². The van der Waals surface area contributed by atoms with E-state index in [2.05, 4.69) is 29.9 Å². The minimum Gasteiger partial charge on any atom is -0.454 e. The van der Waals surface area contributed by atoms with Crippen molar-refractivity contribution in [3.63, 3.8) is 0 Å². The van der Waals surface area contributed by atoms with Crippen molar-refractivity contribution in [2.24, 2.45) is 5.73 Å². The molecular formula is C20H16F3N7O2. The monoisotopic (exact) mass is 443 g/mol. The fourth-order valence-corrected chi connectivity index (χ4v) is 3.26. The van der Waals surface area contributed by atoms with Gasteiger partial charge in [-0.1, -0.05) is 6.07 Å². The maximum atomic E-state index is 12.5. The highest BCUT2D eigenvalue weighted by atomic mass is 19.4. The van der Waals surface area contributed by atoms with Gasteiger partial charge in [0.15, 0.2) is 12.3 Å². The number of anilines is 1. The van der Waals surface area contributed by atoms with E-state index in [1.165, 1.54) is 12.3 Å². The van der Waals surface area contributed by atoms with Gasteiger partial charge in [0.1, 0.15) is 0 Å². The van der Waals surface area contributed by atoms with Gasteiger partial charge in [0.25, 0.3) is 5.91 Å². The van der Waals surface area contributed by atoms with Crippen LogP contribution in [0.5, 0.6) is 6.01 Å². The average molecular weight is 443 g/mol. The van der Waals surface area contributed by atoms with Crippen LogP contribution in [0, 0.1) is 6.92 Å². The molecule has 0 fully saturated rings. The molecule has 0 radical (unpaired) electrons. The van der Waals surface area contributed by atoms with Gasteiger partial charge in [0, 0.05) is 17.1 Å². The number of nitrogens with two attached hydrogens (primary N) is 2. The molecule has 0 aliphatic rings. The van der Waals surface area contributed by atoms with E-state index in [0.29, 0.717) is 11.1 Å². The Bertz CT molecular complexity index is 1330. The quantitative estimate of drug-likeness (QED) is 0.430. The maximum Gasteiger partial charge on any atom is 0.422 e. The third-order valence-electron chi connectivity index (χ3n) is 4.65. The number of nitrogen functional groups attached to an aromatic ring is 1. The summed E-state index contributed by atoms with van der Waals surface area (Å²) in [6.45, 7) is 0.310. The number of nitrogens with one attached hydrogen (secondary N) is 1. The lowest BCUT2D eigenvalue weighted by atomic mass is 9.94. The van der Waals surface area contributed by atoms with Crippen LogP contribution in [-0.4, -0.2) is 43.8 Å². The third kappa shape index (κ3) is 4.02. The molecule has 0 saturated heterocycles. The summed E-state index contributed by atoms with van der Waals surface area (Å²) in [5.74, 6) is -0.870. The van der Waals surface area contributed by atoms with Gasteiger partial charge in [-0.05, 0) is 36.2 Å². The Morgan fingerprint density at radius 1 is 1.19 bits per heavy atom. The second-order valence-electron chi connectivity index (χ2n) is 6.90. The number of hydrogen-bond acceptors (Lipinski definition) is 7. The minimum atomic E-state index is -4.55. The van der Waals surface area contributed by atoms with Crippen molar-refractivity contribution in [3.05, 3.63) is 47.9 Å². The Morgan fingerprint density at radius 3 is 2.69 bits per heavy atom. The van der Waals surface area contributed by atoms with Crippen LogP contribution < -0.4 is 16.2 Å². The number of carbonyl (C=O) groups excluding carboxylic acids is 1. The van der Waals surface area contributed by atoms with Gasteiger partial charge >= 0.3 is 12.2 Å². The number of nitrogens with zero attached hydrogens (tertiary/aromatic N) is 4. The summed E-state index contributed by atoms with van der Waals surface area (Å²) in [6.07, 6.45) is -1.71. The summed E-state index contributed by atoms with van der Waals surface area (Å²) in [7, 11) is 0. The van der Waals surface area contributed by atoms with Crippen LogP contribution in [-0.2, 0) is 0 Å². The molecule has 9 nitrogen and oxygen atoms in total. The van der Waals surface area contributed by atoms with Gasteiger partial charge in [-0.2, -0.15) is 23.3 Å². The molecule has 0 bridgehead atoms. The number of pyridine rings is 1. The van der Waals surface area contributed by atoms with Crippen molar-refractivity contribution >= 4 is 22.5 Å². The summed E-state index contributed by atoms with van der Waals surface area (Å²) >= 11 is 0. The number of fused-ring (bicyclic) bond motifs is 1. The number of aromatic amines is 1. The van der Waals surface area contributed by atoms with E-state index in [1.807, 2.05) is 19.1 Å². The number of carbonyl (C=O) groups is 1. The number of primary amides is 1. The number of halogens is 3. The Hall–Kier alpha value is -4.22.